The first-order valence-corrected chi connectivity index (χ1v) is 4.41. The van der Waals surface area contributed by atoms with Gasteiger partial charge in [-0.05, 0) is 0 Å². The van der Waals surface area contributed by atoms with Gasteiger partial charge in [0.15, 0.2) is 0 Å². The highest BCUT2D eigenvalue weighted by molar-refractivity contribution is 5.27. The van der Waals surface area contributed by atoms with Crippen LogP contribution < -0.4 is 0 Å². The highest BCUT2D eigenvalue weighted by atomic mass is 16.7. The fourth-order valence-corrected chi connectivity index (χ4v) is 3.99. The molecule has 3 nitrogen and oxygen atoms in total. The summed E-state index contributed by atoms with van der Waals surface area (Å²) in [5.74, 6) is 1.22. The van der Waals surface area contributed by atoms with Gasteiger partial charge in [-0.3, -0.25) is 0 Å². The average molecular weight is 152 g/mol. The third-order valence-corrected chi connectivity index (χ3v) is 4.19. The summed E-state index contributed by atoms with van der Waals surface area (Å²) in [7, 11) is 0. The average Bonchev–Trinajstić information content (AvgIpc) is 2.56. The summed E-state index contributed by atoms with van der Waals surface area (Å²) in [4.78, 5) is 0. The van der Waals surface area contributed by atoms with E-state index in [1.54, 1.807) is 0 Å². The number of hydrogen-bond donors (Lipinski definition) is 0. The summed E-state index contributed by atoms with van der Waals surface area (Å²) < 4.78 is 17.5. The van der Waals surface area contributed by atoms with Gasteiger partial charge in [0.1, 0.15) is 0 Å². The number of ether oxygens (including phenoxy) is 3. The Hall–Kier alpha value is -0.120. The SMILES string of the molecule is O1[C@H]2C3O[C@@H]4C2[C@H]2O[C@@H]4C3[C@@H]12. The van der Waals surface area contributed by atoms with Crippen LogP contribution in [-0.2, 0) is 14.2 Å². The van der Waals surface area contributed by atoms with Crippen molar-refractivity contribution in [1.82, 2.24) is 0 Å². The van der Waals surface area contributed by atoms with Gasteiger partial charge in [-0.2, -0.15) is 0 Å². The lowest BCUT2D eigenvalue weighted by Crippen LogP contribution is -2.44. The molecule has 6 aliphatic rings. The Morgan fingerprint density at radius 1 is 0.455 bits per heavy atom. The Kier molecular flexibility index (Phi) is 0.470. The normalized spacial score (nSPS) is 85.1. The van der Waals surface area contributed by atoms with Crippen molar-refractivity contribution in [3.05, 3.63) is 0 Å². The molecule has 58 valence electrons. The largest absolute Gasteiger partial charge is 0.369 e. The van der Waals surface area contributed by atoms with Gasteiger partial charge in [-0.25, -0.2) is 0 Å². The molecule has 6 fully saturated rings. The summed E-state index contributed by atoms with van der Waals surface area (Å²) in [5, 5.41) is 0. The summed E-state index contributed by atoms with van der Waals surface area (Å²) in [6.07, 6.45) is 2.49. The fourth-order valence-electron chi connectivity index (χ4n) is 3.99. The van der Waals surface area contributed by atoms with Crippen molar-refractivity contribution in [3.63, 3.8) is 0 Å². The third kappa shape index (κ3) is 0.268. The second-order valence-corrected chi connectivity index (χ2v) is 4.35. The minimum Gasteiger partial charge on any atom is -0.369 e. The van der Waals surface area contributed by atoms with Gasteiger partial charge < -0.3 is 14.2 Å². The number of hydrogen-bond acceptors (Lipinski definition) is 3. The fraction of sp³-hybridized carbons (Fsp3) is 1.00. The van der Waals surface area contributed by atoms with Gasteiger partial charge in [0, 0.05) is 11.8 Å². The molecule has 6 saturated heterocycles. The van der Waals surface area contributed by atoms with Gasteiger partial charge in [-0.15, -0.1) is 0 Å². The first kappa shape index (κ1) is 4.80. The lowest BCUT2D eigenvalue weighted by Gasteiger charge is -2.23. The van der Waals surface area contributed by atoms with Crippen LogP contribution in [-0.4, -0.2) is 36.6 Å². The smallest absolute Gasteiger partial charge is 0.0926 e. The molecule has 3 heteroatoms. The van der Waals surface area contributed by atoms with E-state index >= 15 is 0 Å². The highest BCUT2D eigenvalue weighted by Crippen LogP contribution is 2.66. The van der Waals surface area contributed by atoms with Crippen molar-refractivity contribution < 1.29 is 14.2 Å². The molecule has 6 bridgehead atoms. The third-order valence-electron chi connectivity index (χ3n) is 4.19. The molecule has 0 aromatic rings. The molecule has 0 aromatic carbocycles. The van der Waals surface area contributed by atoms with Crippen molar-refractivity contribution in [3.8, 4) is 0 Å². The van der Waals surface area contributed by atoms with Crippen LogP contribution in [0.25, 0.3) is 0 Å². The van der Waals surface area contributed by atoms with Gasteiger partial charge >= 0.3 is 0 Å². The molecule has 0 aliphatic carbocycles. The van der Waals surface area contributed by atoms with E-state index in [9.17, 15) is 0 Å². The Balaban J connectivity index is 1.94. The van der Waals surface area contributed by atoms with E-state index in [1.807, 2.05) is 0 Å². The summed E-state index contributed by atoms with van der Waals surface area (Å²) in [6.45, 7) is 0. The monoisotopic (exact) mass is 152 g/mol. The highest BCUT2D eigenvalue weighted by Gasteiger charge is 2.81. The lowest BCUT2D eigenvalue weighted by atomic mass is 9.71. The van der Waals surface area contributed by atoms with Gasteiger partial charge in [0.2, 0.25) is 0 Å². The summed E-state index contributed by atoms with van der Waals surface area (Å²) >= 11 is 0. The molecular formula is C8H8O3. The lowest BCUT2D eigenvalue weighted by molar-refractivity contribution is 0.0550. The molecule has 11 heavy (non-hydrogen) atoms. The summed E-state index contributed by atoms with van der Waals surface area (Å²) in [6, 6.07) is 0. The minimum absolute atomic E-state index is 0.416. The predicted molar refractivity (Wildman–Crippen MR) is 33.0 cm³/mol. The van der Waals surface area contributed by atoms with Gasteiger partial charge in [0.25, 0.3) is 0 Å². The maximum atomic E-state index is 5.82. The van der Waals surface area contributed by atoms with E-state index in [0.29, 0.717) is 48.5 Å². The molecule has 0 amide bonds. The van der Waals surface area contributed by atoms with E-state index in [2.05, 4.69) is 0 Å². The van der Waals surface area contributed by atoms with Crippen LogP contribution in [0.5, 0.6) is 0 Å². The van der Waals surface area contributed by atoms with E-state index in [1.165, 1.54) is 0 Å². The maximum absolute atomic E-state index is 5.82. The van der Waals surface area contributed by atoms with Crippen LogP contribution in [0.3, 0.4) is 0 Å². The van der Waals surface area contributed by atoms with Crippen LogP contribution in [0.15, 0.2) is 0 Å². The van der Waals surface area contributed by atoms with E-state index in [-0.39, 0.29) is 0 Å². The van der Waals surface area contributed by atoms with Crippen LogP contribution in [0.1, 0.15) is 0 Å². The van der Waals surface area contributed by atoms with Gasteiger partial charge in [0.05, 0.1) is 36.6 Å². The first-order valence-electron chi connectivity index (χ1n) is 4.41. The second kappa shape index (κ2) is 1.08. The maximum Gasteiger partial charge on any atom is 0.0926 e. The van der Waals surface area contributed by atoms with Crippen LogP contribution in [0.4, 0.5) is 0 Å². The van der Waals surface area contributed by atoms with E-state index < -0.39 is 0 Å². The zero-order chi connectivity index (χ0) is 6.74. The molecule has 6 heterocycles. The van der Waals surface area contributed by atoms with Crippen LogP contribution >= 0.6 is 0 Å². The molecule has 3 unspecified atom stereocenters. The van der Waals surface area contributed by atoms with Crippen molar-refractivity contribution in [1.29, 1.82) is 0 Å². The molecule has 0 aromatic heterocycles. The molecule has 8 atom stereocenters. The molecule has 0 saturated carbocycles. The van der Waals surface area contributed by atoms with Crippen LogP contribution in [0.2, 0.25) is 0 Å². The van der Waals surface area contributed by atoms with E-state index in [0.717, 1.165) is 0 Å². The first-order chi connectivity index (χ1) is 5.45. The Labute approximate surface area is 63.6 Å². The Morgan fingerprint density at radius 3 is 1.00 bits per heavy atom. The topological polar surface area (TPSA) is 27.7 Å². The zero-order valence-electron chi connectivity index (χ0n) is 5.84. The van der Waals surface area contributed by atoms with Crippen molar-refractivity contribution in [2.75, 3.05) is 0 Å². The van der Waals surface area contributed by atoms with Crippen molar-refractivity contribution >= 4 is 0 Å². The quantitative estimate of drug-likeness (QED) is 0.470. The zero-order valence-corrected chi connectivity index (χ0v) is 5.84. The van der Waals surface area contributed by atoms with Crippen molar-refractivity contribution in [2.24, 2.45) is 11.8 Å². The standard InChI is InChI=1S/C8H8O3/c9-3-1-4-7(9)2-6(3)10-5(1)8(2)11-4/h1-8H/t1?,2?,3-,4-,5-,6-,7-,8?/m1/s1. The summed E-state index contributed by atoms with van der Waals surface area (Å²) in [5.41, 5.74) is 0. The molecule has 6 rings (SSSR count). The van der Waals surface area contributed by atoms with Gasteiger partial charge in [-0.1, -0.05) is 0 Å². The number of rotatable bonds is 0. The molecule has 0 N–H and O–H groups in total. The minimum atomic E-state index is 0.416. The molecule has 0 spiro atoms. The van der Waals surface area contributed by atoms with E-state index in [4.69, 9.17) is 14.2 Å². The Bertz CT molecular complexity index is 199. The Morgan fingerprint density at radius 2 is 0.727 bits per heavy atom. The van der Waals surface area contributed by atoms with Crippen LogP contribution in [0, 0.1) is 11.8 Å². The predicted octanol–water partition coefficient (Wildman–Crippen LogP) is -0.452. The molecular weight excluding hydrogens is 144 g/mol. The molecule has 0 radical (unpaired) electrons. The molecule has 6 aliphatic heterocycles. The van der Waals surface area contributed by atoms with Crippen molar-refractivity contribution in [2.45, 2.75) is 36.6 Å². The second-order valence-electron chi connectivity index (χ2n) is 4.35.